The molecule has 0 aromatic carbocycles. The second-order valence-electron chi connectivity index (χ2n) is 3.25. The molecule has 0 aliphatic heterocycles. The summed E-state index contributed by atoms with van der Waals surface area (Å²) in [4.78, 5) is 12.8. The fourth-order valence-electron chi connectivity index (χ4n) is 1.22. The van der Waals surface area contributed by atoms with E-state index in [1.165, 1.54) is 5.56 Å². The minimum atomic E-state index is 0. The fraction of sp³-hybridized carbons (Fsp3) is 0.417. The van der Waals surface area contributed by atoms with E-state index in [1.807, 2.05) is 32.9 Å². The van der Waals surface area contributed by atoms with Gasteiger partial charge in [0.2, 0.25) is 0 Å². The van der Waals surface area contributed by atoms with Crippen molar-refractivity contribution in [3.63, 3.8) is 0 Å². The third-order valence-corrected chi connectivity index (χ3v) is 1.82. The van der Waals surface area contributed by atoms with Crippen LogP contribution in [0.5, 0.6) is 0 Å². The average Bonchev–Trinajstić information content (AvgIpc) is 2.23. The quantitative estimate of drug-likeness (QED) is 0.525. The Morgan fingerprint density at radius 1 is 1.00 bits per heavy atom. The van der Waals surface area contributed by atoms with Gasteiger partial charge in [-0.3, -0.25) is 9.98 Å². The predicted molar refractivity (Wildman–Crippen MR) is 65.2 cm³/mol. The number of hydrogen-bond donors (Lipinski definition) is 0. The number of nitrogens with zero attached hydrogens (tertiary/aromatic N) is 3. The summed E-state index contributed by atoms with van der Waals surface area (Å²) in [7, 11) is 0. The maximum Gasteiger partial charge on any atom is 2.00 e. The van der Waals surface area contributed by atoms with Crippen molar-refractivity contribution in [3.8, 4) is 0 Å². The summed E-state index contributed by atoms with van der Waals surface area (Å²) < 4.78 is 0. The zero-order valence-corrected chi connectivity index (χ0v) is 13.7. The van der Waals surface area contributed by atoms with Gasteiger partial charge in [-0.15, -0.1) is 0 Å². The van der Waals surface area contributed by atoms with Crippen LogP contribution in [0.3, 0.4) is 0 Å². The van der Waals surface area contributed by atoms with Crippen LogP contribution in [0.1, 0.15) is 30.8 Å². The summed E-state index contributed by atoms with van der Waals surface area (Å²) in [6, 6.07) is 4.03. The third-order valence-electron chi connectivity index (χ3n) is 1.82. The normalized spacial score (nSPS) is 9.72. The number of hydrogen-bond acceptors (Lipinski definition) is 3. The minimum absolute atomic E-state index is 0. The Morgan fingerprint density at radius 3 is 1.72 bits per heavy atom. The molecule has 0 aliphatic rings. The van der Waals surface area contributed by atoms with Crippen LogP contribution >= 0.6 is 0 Å². The van der Waals surface area contributed by atoms with Crippen LogP contribution in [0, 0.1) is 6.92 Å². The molecule has 99 valence electrons. The Bertz CT molecular complexity index is 349. The summed E-state index contributed by atoms with van der Waals surface area (Å²) in [5.74, 6) is 0. The molecule has 0 N–H and O–H groups in total. The van der Waals surface area contributed by atoms with Gasteiger partial charge in [0, 0.05) is 25.5 Å². The molecular weight excluding hydrogens is 308 g/mol. The van der Waals surface area contributed by atoms with Gasteiger partial charge in [0.25, 0.3) is 0 Å². The Balaban J connectivity index is -0.000000750. The molecule has 1 aromatic heterocycles. The topological polar surface area (TPSA) is 37.6 Å². The second-order valence-corrected chi connectivity index (χ2v) is 3.25. The molecule has 0 fully saturated rings. The monoisotopic (exact) mass is 324 g/mol. The number of rotatable bonds is 4. The first-order valence-corrected chi connectivity index (χ1v) is 5.24. The van der Waals surface area contributed by atoms with Crippen molar-refractivity contribution in [1.82, 2.24) is 4.98 Å². The van der Waals surface area contributed by atoms with Gasteiger partial charge in [-0.05, 0) is 38.5 Å². The third kappa shape index (κ3) is 8.70. The number of pyridine rings is 1. The number of aliphatic imine (C=N–C) groups is 2. The smallest absolute Gasteiger partial charge is 1.00 e. The van der Waals surface area contributed by atoms with E-state index < -0.39 is 0 Å². The average molecular weight is 325 g/mol. The molecule has 1 rings (SSSR count). The molecule has 18 heavy (non-hydrogen) atoms. The Labute approximate surface area is 133 Å². The van der Waals surface area contributed by atoms with E-state index in [0.29, 0.717) is 0 Å². The first-order chi connectivity index (χ1) is 7.26. The van der Waals surface area contributed by atoms with Crippen LogP contribution in [0.25, 0.3) is 0 Å². The standard InChI is InChI=1S/C12H17N3.2ClH.V/c1-4-13-8-11-6-10(3)7-12(15-11)9-14-5-2;;;/h6-9H,4-5H2,1-3H3;2*1H;/q;;;+2/p-2. The number of aryl methyl sites for hydroxylation is 1. The van der Waals surface area contributed by atoms with Crippen molar-refractivity contribution >= 4 is 12.4 Å². The number of halogens is 2. The maximum absolute atomic E-state index is 4.41. The van der Waals surface area contributed by atoms with Crippen LogP contribution in [0.15, 0.2) is 22.1 Å². The Kier molecular flexibility index (Phi) is 16.6. The molecule has 0 atom stereocenters. The van der Waals surface area contributed by atoms with Crippen LogP contribution in [0.2, 0.25) is 0 Å². The van der Waals surface area contributed by atoms with Gasteiger partial charge >= 0.3 is 18.6 Å². The Hall–Kier alpha value is -0.346. The van der Waals surface area contributed by atoms with Crippen molar-refractivity contribution < 1.29 is 43.4 Å². The van der Waals surface area contributed by atoms with Crippen molar-refractivity contribution in [2.24, 2.45) is 9.98 Å². The minimum Gasteiger partial charge on any atom is -1.00 e. The molecular formula is C12H17Cl2N3V. The first-order valence-electron chi connectivity index (χ1n) is 5.24. The van der Waals surface area contributed by atoms with Crippen molar-refractivity contribution in [1.29, 1.82) is 0 Å². The molecule has 6 heteroatoms. The van der Waals surface area contributed by atoms with Gasteiger partial charge in [-0.2, -0.15) is 0 Å². The van der Waals surface area contributed by atoms with Gasteiger partial charge in [0.1, 0.15) is 0 Å². The maximum atomic E-state index is 4.41. The molecule has 0 unspecified atom stereocenters. The van der Waals surface area contributed by atoms with Crippen molar-refractivity contribution in [2.45, 2.75) is 20.8 Å². The molecule has 1 aromatic rings. The van der Waals surface area contributed by atoms with Gasteiger partial charge in [-0.25, -0.2) is 4.98 Å². The van der Waals surface area contributed by atoms with Crippen LogP contribution in [0.4, 0.5) is 0 Å². The molecule has 0 bridgehead atoms. The van der Waals surface area contributed by atoms with Crippen molar-refractivity contribution in [2.75, 3.05) is 13.1 Å². The van der Waals surface area contributed by atoms with Crippen molar-refractivity contribution in [3.05, 3.63) is 29.1 Å². The molecule has 0 aliphatic carbocycles. The number of aromatic nitrogens is 1. The SMILES string of the molecule is CCN=Cc1cc(C)cc(C=NCC)n1.[Cl-].[Cl-].[V+2]. The van der Waals surface area contributed by atoms with Gasteiger partial charge in [-0.1, -0.05) is 0 Å². The zero-order chi connectivity index (χ0) is 11.1. The van der Waals surface area contributed by atoms with E-state index in [-0.39, 0.29) is 43.4 Å². The van der Waals surface area contributed by atoms with Gasteiger partial charge in [0.05, 0.1) is 11.4 Å². The first kappa shape index (κ1) is 22.8. The van der Waals surface area contributed by atoms with E-state index in [9.17, 15) is 0 Å². The summed E-state index contributed by atoms with van der Waals surface area (Å²) in [6.45, 7) is 7.63. The summed E-state index contributed by atoms with van der Waals surface area (Å²) in [6.07, 6.45) is 3.60. The van der Waals surface area contributed by atoms with Crippen LogP contribution in [-0.4, -0.2) is 30.5 Å². The van der Waals surface area contributed by atoms with E-state index in [0.717, 1.165) is 24.5 Å². The summed E-state index contributed by atoms with van der Waals surface area (Å²) in [5, 5.41) is 0. The van der Waals surface area contributed by atoms with E-state index >= 15 is 0 Å². The molecule has 1 radical (unpaired) electrons. The fourth-order valence-corrected chi connectivity index (χ4v) is 1.22. The van der Waals surface area contributed by atoms with Crippen LogP contribution < -0.4 is 24.8 Å². The molecule has 0 spiro atoms. The van der Waals surface area contributed by atoms with E-state index in [4.69, 9.17) is 0 Å². The summed E-state index contributed by atoms with van der Waals surface area (Å²) in [5.41, 5.74) is 2.98. The Morgan fingerprint density at radius 2 is 1.39 bits per heavy atom. The predicted octanol–water partition coefficient (Wildman–Crippen LogP) is -3.73. The molecule has 3 nitrogen and oxygen atoms in total. The molecule has 0 saturated carbocycles. The van der Waals surface area contributed by atoms with Crippen LogP contribution in [-0.2, 0) is 18.6 Å². The summed E-state index contributed by atoms with van der Waals surface area (Å²) >= 11 is 0. The second kappa shape index (κ2) is 13.1. The molecule has 0 amide bonds. The van der Waals surface area contributed by atoms with E-state index in [2.05, 4.69) is 15.0 Å². The van der Waals surface area contributed by atoms with Gasteiger partial charge in [0.15, 0.2) is 0 Å². The zero-order valence-electron chi connectivity index (χ0n) is 10.8. The largest absolute Gasteiger partial charge is 2.00 e. The van der Waals surface area contributed by atoms with Gasteiger partial charge < -0.3 is 24.8 Å². The van der Waals surface area contributed by atoms with E-state index in [1.54, 1.807) is 12.4 Å². The molecule has 0 saturated heterocycles. The molecule has 1 heterocycles.